The highest BCUT2D eigenvalue weighted by atomic mass is 16.3. The van der Waals surface area contributed by atoms with Gasteiger partial charge in [-0.1, -0.05) is 0 Å². The maximum absolute atomic E-state index is 5.52. The summed E-state index contributed by atoms with van der Waals surface area (Å²) in [6.45, 7) is 0. The number of furan rings is 1. The van der Waals surface area contributed by atoms with E-state index in [1.54, 1.807) is 17.1 Å². The van der Waals surface area contributed by atoms with Crippen molar-refractivity contribution in [1.82, 2.24) is 15.2 Å². The lowest BCUT2D eigenvalue weighted by molar-refractivity contribution is 0.439. The number of rotatable bonds is 4. The normalized spacial score (nSPS) is 12.9. The predicted octanol–water partition coefficient (Wildman–Crippen LogP) is 0.760. The van der Waals surface area contributed by atoms with Crippen molar-refractivity contribution in [3.8, 4) is 0 Å². The lowest BCUT2D eigenvalue weighted by Gasteiger charge is -2.14. The van der Waals surface area contributed by atoms with E-state index in [-0.39, 0.29) is 6.04 Å². The van der Waals surface area contributed by atoms with Crippen molar-refractivity contribution < 1.29 is 4.42 Å². The third kappa shape index (κ3) is 2.08. The molecular formula is C10H14N4O. The van der Waals surface area contributed by atoms with Gasteiger partial charge in [0.1, 0.15) is 5.76 Å². The number of hydrogen-bond donors (Lipinski definition) is 2. The minimum absolute atomic E-state index is 0.0173. The number of aromatic nitrogens is 2. The van der Waals surface area contributed by atoms with Crippen molar-refractivity contribution in [3.05, 3.63) is 42.1 Å². The Hall–Kier alpha value is -1.59. The lowest BCUT2D eigenvalue weighted by Crippen LogP contribution is -2.31. The Kier molecular flexibility index (Phi) is 2.84. The van der Waals surface area contributed by atoms with Crippen LogP contribution in [0.15, 0.2) is 35.1 Å². The minimum atomic E-state index is 0.0173. The second kappa shape index (κ2) is 4.29. The van der Waals surface area contributed by atoms with Gasteiger partial charge >= 0.3 is 0 Å². The lowest BCUT2D eigenvalue weighted by atomic mass is 10.1. The monoisotopic (exact) mass is 206 g/mol. The number of aryl methyl sites for hydroxylation is 1. The summed E-state index contributed by atoms with van der Waals surface area (Å²) in [6, 6.07) is 5.75. The Morgan fingerprint density at radius 2 is 2.47 bits per heavy atom. The number of nitrogens with one attached hydrogen (secondary N) is 1. The first kappa shape index (κ1) is 9.95. The molecule has 0 bridgehead atoms. The van der Waals surface area contributed by atoms with Gasteiger partial charge in [0.05, 0.1) is 18.0 Å². The molecule has 0 aliphatic heterocycles. The van der Waals surface area contributed by atoms with Gasteiger partial charge in [0.2, 0.25) is 0 Å². The second-order valence-corrected chi connectivity index (χ2v) is 3.38. The summed E-state index contributed by atoms with van der Waals surface area (Å²) in [6.07, 6.45) is 4.12. The third-order valence-corrected chi connectivity index (χ3v) is 2.40. The van der Waals surface area contributed by atoms with Crippen molar-refractivity contribution in [3.63, 3.8) is 0 Å². The Morgan fingerprint density at radius 3 is 3.00 bits per heavy atom. The van der Waals surface area contributed by atoms with E-state index in [0.29, 0.717) is 6.42 Å². The van der Waals surface area contributed by atoms with Crippen molar-refractivity contribution in [1.29, 1.82) is 0 Å². The molecule has 15 heavy (non-hydrogen) atoms. The van der Waals surface area contributed by atoms with Crippen LogP contribution in [0.5, 0.6) is 0 Å². The van der Waals surface area contributed by atoms with Gasteiger partial charge in [-0.2, -0.15) is 5.10 Å². The number of hydrazine groups is 1. The Balaban J connectivity index is 2.15. The highest BCUT2D eigenvalue weighted by Crippen LogP contribution is 2.16. The first-order valence-electron chi connectivity index (χ1n) is 4.77. The molecule has 1 atom stereocenters. The van der Waals surface area contributed by atoms with Crippen LogP contribution in [-0.4, -0.2) is 9.78 Å². The fourth-order valence-electron chi connectivity index (χ4n) is 1.60. The number of nitrogens with zero attached hydrogens (tertiary/aromatic N) is 2. The van der Waals surface area contributed by atoms with Crippen LogP contribution in [0.25, 0.3) is 0 Å². The zero-order chi connectivity index (χ0) is 10.7. The molecule has 5 heteroatoms. The summed E-state index contributed by atoms with van der Waals surface area (Å²) >= 11 is 0. The molecule has 3 N–H and O–H groups in total. The van der Waals surface area contributed by atoms with E-state index in [1.165, 1.54) is 0 Å². The summed E-state index contributed by atoms with van der Waals surface area (Å²) in [5.41, 5.74) is 3.80. The highest BCUT2D eigenvalue weighted by Gasteiger charge is 2.14. The molecule has 0 aromatic carbocycles. The number of hydrogen-bond acceptors (Lipinski definition) is 4. The van der Waals surface area contributed by atoms with E-state index in [0.717, 1.165) is 11.5 Å². The Morgan fingerprint density at radius 1 is 1.60 bits per heavy atom. The maximum Gasteiger partial charge on any atom is 0.105 e. The average molecular weight is 206 g/mol. The molecule has 0 saturated heterocycles. The summed E-state index contributed by atoms with van der Waals surface area (Å²) in [5.74, 6) is 6.42. The fraction of sp³-hybridized carbons (Fsp3) is 0.300. The molecule has 5 nitrogen and oxygen atoms in total. The molecule has 2 aromatic rings. The summed E-state index contributed by atoms with van der Waals surface area (Å²) < 4.78 is 7.08. The van der Waals surface area contributed by atoms with E-state index >= 15 is 0 Å². The predicted molar refractivity (Wildman–Crippen MR) is 55.7 cm³/mol. The van der Waals surface area contributed by atoms with Gasteiger partial charge in [0.25, 0.3) is 0 Å². The summed E-state index contributed by atoms with van der Waals surface area (Å²) in [4.78, 5) is 0. The molecule has 80 valence electrons. The van der Waals surface area contributed by atoms with Gasteiger partial charge in [-0.15, -0.1) is 0 Å². The van der Waals surface area contributed by atoms with Crippen LogP contribution in [0, 0.1) is 0 Å². The molecule has 0 spiro atoms. The molecule has 0 saturated carbocycles. The fourth-order valence-corrected chi connectivity index (χ4v) is 1.60. The van der Waals surface area contributed by atoms with Gasteiger partial charge < -0.3 is 4.42 Å². The Labute approximate surface area is 87.8 Å². The van der Waals surface area contributed by atoms with Crippen molar-refractivity contribution in [2.45, 2.75) is 12.5 Å². The summed E-state index contributed by atoms with van der Waals surface area (Å²) in [5, 5.41) is 4.11. The van der Waals surface area contributed by atoms with Crippen molar-refractivity contribution >= 4 is 0 Å². The van der Waals surface area contributed by atoms with Gasteiger partial charge in [-0.05, 0) is 18.2 Å². The molecule has 0 aliphatic rings. The number of nitrogens with two attached hydrogens (primary N) is 1. The molecule has 2 heterocycles. The zero-order valence-corrected chi connectivity index (χ0v) is 8.55. The van der Waals surface area contributed by atoms with Crippen LogP contribution in [0.2, 0.25) is 0 Å². The topological polar surface area (TPSA) is 69.0 Å². The molecule has 1 unspecified atom stereocenters. The van der Waals surface area contributed by atoms with Gasteiger partial charge in [-0.25, -0.2) is 0 Å². The average Bonchev–Trinajstić information content (AvgIpc) is 2.85. The first-order valence-corrected chi connectivity index (χ1v) is 4.77. The van der Waals surface area contributed by atoms with Crippen LogP contribution in [0.1, 0.15) is 17.5 Å². The smallest absolute Gasteiger partial charge is 0.105 e. The van der Waals surface area contributed by atoms with Gasteiger partial charge in [0.15, 0.2) is 0 Å². The SMILES string of the molecule is Cn1nccc1C(Cc1ccco1)NN. The highest BCUT2D eigenvalue weighted by molar-refractivity contribution is 5.11. The van der Waals surface area contributed by atoms with Crippen molar-refractivity contribution in [2.24, 2.45) is 12.9 Å². The van der Waals surface area contributed by atoms with E-state index in [9.17, 15) is 0 Å². The Bertz CT molecular complexity index is 407. The molecule has 0 amide bonds. The largest absolute Gasteiger partial charge is 0.469 e. The van der Waals surface area contributed by atoms with Crippen LogP contribution < -0.4 is 11.3 Å². The zero-order valence-electron chi connectivity index (χ0n) is 8.55. The minimum Gasteiger partial charge on any atom is -0.469 e. The molecule has 0 radical (unpaired) electrons. The third-order valence-electron chi connectivity index (χ3n) is 2.40. The molecule has 0 fully saturated rings. The van der Waals surface area contributed by atoms with E-state index in [4.69, 9.17) is 10.3 Å². The van der Waals surface area contributed by atoms with Crippen molar-refractivity contribution in [2.75, 3.05) is 0 Å². The van der Waals surface area contributed by atoms with Crippen LogP contribution in [0.4, 0.5) is 0 Å². The van der Waals surface area contributed by atoms with E-state index < -0.39 is 0 Å². The second-order valence-electron chi connectivity index (χ2n) is 3.38. The van der Waals surface area contributed by atoms with E-state index in [2.05, 4.69) is 10.5 Å². The van der Waals surface area contributed by atoms with Crippen LogP contribution in [-0.2, 0) is 13.5 Å². The quantitative estimate of drug-likeness (QED) is 0.572. The molecule has 0 aliphatic carbocycles. The standard InChI is InChI=1S/C10H14N4O/c1-14-10(4-5-12-14)9(13-11)7-8-3-2-6-15-8/h2-6,9,13H,7,11H2,1H3. The first-order chi connectivity index (χ1) is 7.31. The van der Waals surface area contributed by atoms with Crippen LogP contribution >= 0.6 is 0 Å². The summed E-state index contributed by atoms with van der Waals surface area (Å²) in [7, 11) is 1.89. The molecule has 2 rings (SSSR count). The maximum atomic E-state index is 5.52. The van der Waals surface area contributed by atoms with Gasteiger partial charge in [0, 0.05) is 19.7 Å². The van der Waals surface area contributed by atoms with Gasteiger partial charge in [-0.3, -0.25) is 16.0 Å². The van der Waals surface area contributed by atoms with Crippen LogP contribution in [0.3, 0.4) is 0 Å². The molecular weight excluding hydrogens is 192 g/mol. The molecule has 2 aromatic heterocycles. The van der Waals surface area contributed by atoms with E-state index in [1.807, 2.05) is 25.2 Å².